The third-order valence-corrected chi connectivity index (χ3v) is 6.42. The van der Waals surface area contributed by atoms with E-state index >= 15 is 0 Å². The number of carbonyl (C=O) groups excluding carboxylic acids is 1. The molecule has 6 heteroatoms. The molecule has 0 saturated heterocycles. The highest BCUT2D eigenvalue weighted by Gasteiger charge is 2.14. The largest absolute Gasteiger partial charge is 0.388 e. The molecule has 0 bridgehead atoms. The molecule has 1 heterocycles. The maximum absolute atomic E-state index is 11.7. The van der Waals surface area contributed by atoms with Crippen LogP contribution in [0.25, 0.3) is 27.8 Å². The monoisotopic (exact) mass is 489 g/mol. The minimum Gasteiger partial charge on any atom is -0.388 e. The van der Waals surface area contributed by atoms with E-state index in [1.165, 1.54) is 0 Å². The van der Waals surface area contributed by atoms with Crippen LogP contribution in [0.2, 0.25) is 0 Å². The average molecular weight is 490 g/mol. The van der Waals surface area contributed by atoms with Crippen LogP contribution in [0.3, 0.4) is 0 Å². The number of aliphatic hydroxyl groups excluding tert-OH is 1. The van der Waals surface area contributed by atoms with Crippen molar-refractivity contribution in [1.82, 2.24) is 10.5 Å². The molecule has 4 aromatic carbocycles. The van der Waals surface area contributed by atoms with Crippen LogP contribution in [-0.2, 0) is 0 Å². The average Bonchev–Trinajstić information content (AvgIpc) is 2.95. The summed E-state index contributed by atoms with van der Waals surface area (Å²) in [6, 6.07) is 30.9. The number of rotatable bonds is 8. The van der Waals surface area contributed by atoms with Crippen molar-refractivity contribution in [2.24, 2.45) is 0 Å². The predicted octanol–water partition coefficient (Wildman–Crippen LogP) is 6.13. The van der Waals surface area contributed by atoms with E-state index in [0.29, 0.717) is 18.5 Å². The Morgan fingerprint density at radius 3 is 2.43 bits per heavy atom. The maximum Gasteiger partial charge on any atom is 0.274 e. The Bertz CT molecular complexity index is 1570. The maximum atomic E-state index is 11.7. The van der Waals surface area contributed by atoms with Gasteiger partial charge in [-0.2, -0.15) is 0 Å². The van der Waals surface area contributed by atoms with Gasteiger partial charge in [-0.05, 0) is 51.7 Å². The van der Waals surface area contributed by atoms with Gasteiger partial charge in [-0.15, -0.1) is 0 Å². The van der Waals surface area contributed by atoms with Crippen molar-refractivity contribution in [2.45, 2.75) is 12.5 Å². The van der Waals surface area contributed by atoms with Crippen molar-refractivity contribution in [3.8, 4) is 0 Å². The third-order valence-electron chi connectivity index (χ3n) is 6.42. The molecule has 37 heavy (non-hydrogen) atoms. The molecule has 0 aliphatic carbocycles. The van der Waals surface area contributed by atoms with Gasteiger partial charge in [-0.25, -0.2) is 5.48 Å². The number of fused-ring (bicyclic) bond motifs is 2. The van der Waals surface area contributed by atoms with E-state index in [1.807, 2.05) is 91.0 Å². The summed E-state index contributed by atoms with van der Waals surface area (Å²) in [4.78, 5) is 16.2. The molecule has 5 rings (SSSR count). The summed E-state index contributed by atoms with van der Waals surface area (Å²) >= 11 is 0. The number of amides is 1. The summed E-state index contributed by atoms with van der Waals surface area (Å²) in [5, 5.41) is 26.9. The summed E-state index contributed by atoms with van der Waals surface area (Å²) < 4.78 is 0. The first-order valence-corrected chi connectivity index (χ1v) is 12.1. The molecule has 0 aliphatic rings. The third kappa shape index (κ3) is 5.51. The standard InChI is InChI=1S/C31H27N3O3/c35-29(27-11-3-7-23-6-1-2-10-26(23)27)19-22(18-21-13-15-25(16-14-21)31(36)34-37)20-33-28-12-4-8-24-9-5-17-32-30(24)28/h1-18,29,33,35,37H,19-20H2,(H,34,36). The van der Waals surface area contributed by atoms with Crippen LogP contribution in [0.5, 0.6) is 0 Å². The van der Waals surface area contributed by atoms with Gasteiger partial charge in [0.15, 0.2) is 0 Å². The lowest BCUT2D eigenvalue weighted by Gasteiger charge is -2.18. The number of pyridine rings is 1. The molecule has 1 aromatic heterocycles. The van der Waals surface area contributed by atoms with Gasteiger partial charge in [0.1, 0.15) is 0 Å². The van der Waals surface area contributed by atoms with E-state index < -0.39 is 12.0 Å². The van der Waals surface area contributed by atoms with Gasteiger partial charge in [0.2, 0.25) is 0 Å². The van der Waals surface area contributed by atoms with Crippen LogP contribution < -0.4 is 10.8 Å². The quantitative estimate of drug-likeness (QED) is 0.155. The van der Waals surface area contributed by atoms with E-state index in [9.17, 15) is 9.90 Å². The van der Waals surface area contributed by atoms with Crippen LogP contribution in [0, 0.1) is 0 Å². The Balaban J connectivity index is 1.45. The zero-order valence-corrected chi connectivity index (χ0v) is 20.1. The van der Waals surface area contributed by atoms with Crippen molar-refractivity contribution in [2.75, 3.05) is 11.9 Å². The van der Waals surface area contributed by atoms with E-state index in [1.54, 1.807) is 23.8 Å². The van der Waals surface area contributed by atoms with Crippen LogP contribution in [0.1, 0.15) is 34.0 Å². The van der Waals surface area contributed by atoms with Gasteiger partial charge in [-0.3, -0.25) is 15.0 Å². The molecule has 0 saturated carbocycles. The zero-order valence-electron chi connectivity index (χ0n) is 20.1. The number of nitrogens with zero attached hydrogens (tertiary/aromatic N) is 1. The lowest BCUT2D eigenvalue weighted by atomic mass is 9.95. The van der Waals surface area contributed by atoms with Crippen LogP contribution in [-0.4, -0.2) is 27.7 Å². The molecule has 4 N–H and O–H groups in total. The van der Waals surface area contributed by atoms with Crippen molar-refractivity contribution >= 4 is 39.3 Å². The number of carbonyl (C=O) groups is 1. The van der Waals surface area contributed by atoms with Crippen molar-refractivity contribution in [3.05, 3.63) is 126 Å². The lowest BCUT2D eigenvalue weighted by molar-refractivity contribution is 0.0706. The number of hydrogen-bond donors (Lipinski definition) is 4. The second-order valence-corrected chi connectivity index (χ2v) is 8.89. The van der Waals surface area contributed by atoms with Gasteiger partial charge < -0.3 is 10.4 Å². The second kappa shape index (κ2) is 11.0. The number of nitrogens with one attached hydrogen (secondary N) is 2. The fraction of sp³-hybridized carbons (Fsp3) is 0.0968. The second-order valence-electron chi connectivity index (χ2n) is 8.89. The number of benzene rings is 4. The number of aromatic nitrogens is 1. The number of anilines is 1. The molecule has 0 fully saturated rings. The number of hydroxylamine groups is 1. The van der Waals surface area contributed by atoms with E-state index in [-0.39, 0.29) is 0 Å². The van der Waals surface area contributed by atoms with E-state index in [4.69, 9.17) is 5.21 Å². The highest BCUT2D eigenvalue weighted by Crippen LogP contribution is 2.30. The van der Waals surface area contributed by atoms with Crippen molar-refractivity contribution in [3.63, 3.8) is 0 Å². The SMILES string of the molecule is O=C(NO)c1ccc(C=C(CNc2cccc3cccnc23)CC(O)c2cccc3ccccc23)cc1. The van der Waals surface area contributed by atoms with Gasteiger partial charge in [0.25, 0.3) is 5.91 Å². The molecule has 0 aliphatic heterocycles. The summed E-state index contributed by atoms with van der Waals surface area (Å²) in [7, 11) is 0. The fourth-order valence-corrected chi connectivity index (χ4v) is 4.57. The Morgan fingerprint density at radius 2 is 1.59 bits per heavy atom. The van der Waals surface area contributed by atoms with Gasteiger partial charge >= 0.3 is 0 Å². The highest BCUT2D eigenvalue weighted by molar-refractivity contribution is 5.93. The minimum absolute atomic E-state index is 0.358. The normalized spacial score (nSPS) is 12.4. The summed E-state index contributed by atoms with van der Waals surface area (Å²) in [5.74, 6) is -0.563. The molecule has 5 aromatic rings. The summed E-state index contributed by atoms with van der Waals surface area (Å²) in [6.07, 6.45) is 3.50. The molecule has 1 atom stereocenters. The van der Waals surface area contributed by atoms with Gasteiger partial charge in [-0.1, -0.05) is 78.9 Å². The van der Waals surface area contributed by atoms with Crippen LogP contribution in [0.4, 0.5) is 5.69 Å². The molecule has 184 valence electrons. The Kier molecular flexibility index (Phi) is 7.21. The fourth-order valence-electron chi connectivity index (χ4n) is 4.57. The van der Waals surface area contributed by atoms with Gasteiger partial charge in [0.05, 0.1) is 17.3 Å². The molecule has 1 unspecified atom stereocenters. The Hall–Kier alpha value is -4.52. The Morgan fingerprint density at radius 1 is 0.865 bits per heavy atom. The Labute approximate surface area is 214 Å². The first-order chi connectivity index (χ1) is 18.1. The molecular formula is C31H27N3O3. The predicted molar refractivity (Wildman–Crippen MR) is 147 cm³/mol. The number of para-hydroxylation sites is 1. The summed E-state index contributed by atoms with van der Waals surface area (Å²) in [5.41, 5.74) is 6.55. The molecule has 6 nitrogen and oxygen atoms in total. The van der Waals surface area contributed by atoms with E-state index in [2.05, 4.69) is 10.3 Å². The zero-order chi connectivity index (χ0) is 25.6. The smallest absolute Gasteiger partial charge is 0.274 e. The molecule has 1 amide bonds. The van der Waals surface area contributed by atoms with Crippen LogP contribution in [0.15, 0.2) is 109 Å². The first kappa shape index (κ1) is 24.2. The lowest BCUT2D eigenvalue weighted by Crippen LogP contribution is -2.18. The minimum atomic E-state index is -0.704. The summed E-state index contributed by atoms with van der Waals surface area (Å²) in [6.45, 7) is 0.496. The number of aliphatic hydroxyl groups is 1. The number of hydrogen-bond acceptors (Lipinski definition) is 5. The van der Waals surface area contributed by atoms with Crippen LogP contribution >= 0.6 is 0 Å². The van der Waals surface area contributed by atoms with E-state index in [0.717, 1.165) is 44.1 Å². The molecule has 0 radical (unpaired) electrons. The molecular weight excluding hydrogens is 462 g/mol. The van der Waals surface area contributed by atoms with Crippen molar-refractivity contribution in [1.29, 1.82) is 0 Å². The topological polar surface area (TPSA) is 94.5 Å². The first-order valence-electron chi connectivity index (χ1n) is 12.1. The molecule has 0 spiro atoms. The van der Waals surface area contributed by atoms with Gasteiger partial charge in [0, 0.05) is 30.1 Å². The highest BCUT2D eigenvalue weighted by atomic mass is 16.5. The van der Waals surface area contributed by atoms with Crippen molar-refractivity contribution < 1.29 is 15.1 Å².